The molecule has 2 aromatic heterocycles. The Balaban J connectivity index is 1.27. The highest BCUT2D eigenvalue weighted by Crippen LogP contribution is 2.53. The number of piperidine rings is 1. The minimum Gasteiger partial charge on any atom is -0.403 e. The van der Waals surface area contributed by atoms with E-state index in [-0.39, 0.29) is 28.2 Å². The van der Waals surface area contributed by atoms with Gasteiger partial charge in [0.15, 0.2) is 10.9 Å². The van der Waals surface area contributed by atoms with Crippen molar-refractivity contribution in [1.29, 1.82) is 0 Å². The number of nitrogens with zero attached hydrogens (tertiary/aromatic N) is 4. The van der Waals surface area contributed by atoms with Crippen LogP contribution in [0.2, 0.25) is 0 Å². The van der Waals surface area contributed by atoms with E-state index in [1.807, 2.05) is 12.1 Å². The average molecular weight is 551 g/mol. The summed E-state index contributed by atoms with van der Waals surface area (Å²) in [4.78, 5) is 6.56. The Hall–Kier alpha value is -3.54. The molecule has 0 atom stereocenters. The predicted octanol–water partition coefficient (Wildman–Crippen LogP) is 7.53. The summed E-state index contributed by atoms with van der Waals surface area (Å²) >= 11 is 1.42. The molecule has 3 heterocycles. The number of thiazole rings is 1. The number of ether oxygens (including phenoxy) is 1. The second kappa shape index (κ2) is 9.04. The fraction of sp³-hybridized carbons (Fsp3) is 0.308. The lowest BCUT2D eigenvalue weighted by Gasteiger charge is -2.46. The van der Waals surface area contributed by atoms with Crippen molar-refractivity contribution in [2.75, 3.05) is 18.0 Å². The topological polar surface area (TPSA) is 43.2 Å². The lowest BCUT2D eigenvalue weighted by molar-refractivity contribution is -0.274. The van der Waals surface area contributed by atoms with E-state index in [4.69, 9.17) is 0 Å². The number of hydrogen-bond donors (Lipinski definition) is 0. The molecule has 0 bridgehead atoms. The van der Waals surface area contributed by atoms with Crippen molar-refractivity contribution >= 4 is 32.3 Å². The number of rotatable bonds is 5. The van der Waals surface area contributed by atoms with Crippen LogP contribution in [-0.4, -0.2) is 34.2 Å². The van der Waals surface area contributed by atoms with Crippen LogP contribution in [-0.2, 0) is 0 Å². The van der Waals surface area contributed by atoms with Gasteiger partial charge in [0.1, 0.15) is 17.0 Å². The minimum atomic E-state index is -4.95. The summed E-state index contributed by atoms with van der Waals surface area (Å²) in [5, 5.41) is 4.76. The molecule has 0 N–H and O–H groups in total. The van der Waals surface area contributed by atoms with Crippen LogP contribution in [0, 0.1) is 11.2 Å². The number of aromatic nitrogens is 3. The fourth-order valence-corrected chi connectivity index (χ4v) is 6.27. The molecule has 0 amide bonds. The fourth-order valence-electron chi connectivity index (χ4n) is 5.24. The van der Waals surface area contributed by atoms with Gasteiger partial charge in [-0.1, -0.05) is 35.6 Å². The molecule has 38 heavy (non-hydrogen) atoms. The van der Waals surface area contributed by atoms with Gasteiger partial charge in [0.05, 0.1) is 22.2 Å². The number of alkyl halides is 5. The molecule has 5 nitrogen and oxygen atoms in total. The first-order chi connectivity index (χ1) is 18.1. The Morgan fingerprint density at radius 3 is 2.45 bits per heavy atom. The molecule has 6 rings (SSSR count). The number of benzene rings is 2. The van der Waals surface area contributed by atoms with Crippen LogP contribution in [0.4, 0.5) is 31.5 Å². The Labute approximate surface area is 217 Å². The third kappa shape index (κ3) is 4.40. The van der Waals surface area contributed by atoms with Gasteiger partial charge in [0, 0.05) is 13.1 Å². The molecule has 4 aromatic rings. The zero-order valence-corrected chi connectivity index (χ0v) is 20.5. The van der Waals surface area contributed by atoms with Crippen molar-refractivity contribution in [1.82, 2.24) is 14.8 Å². The number of halogens is 6. The SMILES string of the molecule is Fc1cccc2sc(N3CCC4(C=C(c5c(C(F)F)cnn5-c5ccccc5OC(F)(F)F)C4)CC3)nc12. The third-order valence-electron chi connectivity index (χ3n) is 7.07. The molecule has 0 saturated carbocycles. The molecule has 12 heteroatoms. The van der Waals surface area contributed by atoms with E-state index in [2.05, 4.69) is 19.7 Å². The summed E-state index contributed by atoms with van der Waals surface area (Å²) in [5.74, 6) is -0.890. The van der Waals surface area contributed by atoms with Gasteiger partial charge >= 0.3 is 6.36 Å². The number of allylic oxidation sites excluding steroid dienone is 2. The zero-order valence-electron chi connectivity index (χ0n) is 19.7. The molecule has 1 aliphatic carbocycles. The molecule has 1 spiro atoms. The zero-order chi connectivity index (χ0) is 26.7. The third-order valence-corrected chi connectivity index (χ3v) is 8.15. The van der Waals surface area contributed by atoms with Crippen LogP contribution in [0.25, 0.3) is 21.5 Å². The van der Waals surface area contributed by atoms with Gasteiger partial charge in [-0.25, -0.2) is 22.8 Å². The molecule has 1 saturated heterocycles. The maximum absolute atomic E-state index is 14.1. The van der Waals surface area contributed by atoms with Crippen LogP contribution < -0.4 is 9.64 Å². The van der Waals surface area contributed by atoms with Gasteiger partial charge in [-0.3, -0.25) is 0 Å². The predicted molar refractivity (Wildman–Crippen MR) is 131 cm³/mol. The van der Waals surface area contributed by atoms with Crippen LogP contribution in [0.1, 0.15) is 36.9 Å². The number of para-hydroxylation sites is 3. The summed E-state index contributed by atoms with van der Waals surface area (Å²) in [6.07, 6.45) is -2.91. The van der Waals surface area contributed by atoms with Gasteiger partial charge in [-0.2, -0.15) is 5.10 Å². The van der Waals surface area contributed by atoms with Gasteiger partial charge < -0.3 is 9.64 Å². The van der Waals surface area contributed by atoms with Crippen LogP contribution in [0.5, 0.6) is 5.75 Å². The molecule has 1 aliphatic heterocycles. The highest BCUT2D eigenvalue weighted by atomic mass is 32.1. The Morgan fingerprint density at radius 1 is 1.03 bits per heavy atom. The first-order valence-corrected chi connectivity index (χ1v) is 12.7. The second-order valence-electron chi connectivity index (χ2n) is 9.46. The summed E-state index contributed by atoms with van der Waals surface area (Å²) in [6, 6.07) is 10.2. The van der Waals surface area contributed by atoms with E-state index >= 15 is 0 Å². The number of anilines is 1. The van der Waals surface area contributed by atoms with Crippen molar-refractivity contribution < 1.29 is 31.1 Å². The van der Waals surface area contributed by atoms with E-state index in [0.29, 0.717) is 30.6 Å². The monoisotopic (exact) mass is 550 g/mol. The van der Waals surface area contributed by atoms with Gasteiger partial charge in [0.2, 0.25) is 0 Å². The highest BCUT2D eigenvalue weighted by molar-refractivity contribution is 7.22. The molecule has 2 aliphatic rings. The Morgan fingerprint density at radius 2 is 1.76 bits per heavy atom. The summed E-state index contributed by atoms with van der Waals surface area (Å²) in [7, 11) is 0. The van der Waals surface area contributed by atoms with Gasteiger partial charge in [0.25, 0.3) is 6.43 Å². The van der Waals surface area contributed by atoms with Gasteiger partial charge in [-0.05, 0) is 54.5 Å². The maximum atomic E-state index is 14.1. The standard InChI is InChI=1S/C26H20F6N4OS/c27-17-4-3-7-20-21(17)34-24(38-20)35-10-8-25(9-11-35)12-15(13-25)22-16(23(28)29)14-33-36(22)18-5-1-2-6-19(18)37-26(30,31)32/h1-7,12,14,23H,8-11,13H2. The van der Waals surface area contributed by atoms with Crippen molar-refractivity contribution in [3.8, 4) is 11.4 Å². The highest BCUT2D eigenvalue weighted by Gasteiger charge is 2.43. The smallest absolute Gasteiger partial charge is 0.403 e. The molecule has 198 valence electrons. The van der Waals surface area contributed by atoms with Crippen LogP contribution in [0.3, 0.4) is 0 Å². The van der Waals surface area contributed by atoms with Crippen molar-refractivity contribution in [2.45, 2.75) is 32.1 Å². The maximum Gasteiger partial charge on any atom is 0.573 e. The average Bonchev–Trinajstić information content (AvgIpc) is 3.48. The molecule has 2 aromatic carbocycles. The summed E-state index contributed by atoms with van der Waals surface area (Å²) < 4.78 is 86.8. The van der Waals surface area contributed by atoms with E-state index < -0.39 is 18.5 Å². The molecular formula is C26H20F6N4OS. The van der Waals surface area contributed by atoms with E-state index in [0.717, 1.165) is 39.6 Å². The van der Waals surface area contributed by atoms with Crippen molar-refractivity contribution in [3.05, 3.63) is 71.8 Å². The summed E-state index contributed by atoms with van der Waals surface area (Å²) in [6.45, 7) is 1.32. The van der Waals surface area contributed by atoms with Crippen LogP contribution >= 0.6 is 11.3 Å². The van der Waals surface area contributed by atoms with Gasteiger partial charge in [-0.15, -0.1) is 13.2 Å². The first-order valence-electron chi connectivity index (χ1n) is 11.9. The molecule has 1 fully saturated rings. The van der Waals surface area contributed by atoms with E-state index in [9.17, 15) is 26.3 Å². The first kappa shape index (κ1) is 24.8. The number of hydrogen-bond acceptors (Lipinski definition) is 5. The lowest BCUT2D eigenvalue weighted by Crippen LogP contribution is -2.42. The Kier molecular flexibility index (Phi) is 5.89. The largest absolute Gasteiger partial charge is 0.573 e. The molecule has 0 radical (unpaired) electrons. The normalized spacial score (nSPS) is 17.2. The minimum absolute atomic E-state index is 0.0773. The lowest BCUT2D eigenvalue weighted by atomic mass is 9.64. The summed E-state index contributed by atoms with van der Waals surface area (Å²) in [5.41, 5.74) is 0.405. The molecular weight excluding hydrogens is 530 g/mol. The van der Waals surface area contributed by atoms with Crippen LogP contribution in [0.15, 0.2) is 54.7 Å². The van der Waals surface area contributed by atoms with E-state index in [1.165, 1.54) is 35.6 Å². The van der Waals surface area contributed by atoms with E-state index in [1.54, 1.807) is 6.07 Å². The Bertz CT molecular complexity index is 1530. The molecule has 0 unspecified atom stereocenters. The number of fused-ring (bicyclic) bond motifs is 1. The quantitative estimate of drug-likeness (QED) is 0.241. The second-order valence-corrected chi connectivity index (χ2v) is 10.5. The van der Waals surface area contributed by atoms with Crippen molar-refractivity contribution in [3.63, 3.8) is 0 Å². The van der Waals surface area contributed by atoms with Crippen molar-refractivity contribution in [2.24, 2.45) is 5.41 Å².